The molecule has 1 rings (SSSR count). The van der Waals surface area contributed by atoms with Gasteiger partial charge < -0.3 is 15.6 Å². The van der Waals surface area contributed by atoms with Crippen molar-refractivity contribution in [3.63, 3.8) is 0 Å². The number of amides is 1. The fourth-order valence-electron chi connectivity index (χ4n) is 1.62. The van der Waals surface area contributed by atoms with Crippen LogP contribution in [0.5, 0.6) is 0 Å². The van der Waals surface area contributed by atoms with Crippen LogP contribution in [-0.4, -0.2) is 45.2 Å². The lowest BCUT2D eigenvalue weighted by atomic mass is 10.2. The maximum Gasteiger partial charge on any atom is 0.414 e. The highest BCUT2D eigenvalue weighted by Crippen LogP contribution is 2.31. The van der Waals surface area contributed by atoms with E-state index < -0.39 is 22.0 Å². The maximum atomic E-state index is 11.8. The fourth-order valence-corrected chi connectivity index (χ4v) is 1.97. The van der Waals surface area contributed by atoms with Gasteiger partial charge in [0.1, 0.15) is 0 Å². The summed E-state index contributed by atoms with van der Waals surface area (Å²) in [5, 5.41) is 9.57. The largest absolute Gasteiger partial charge is 0.449 e. The fraction of sp³-hybridized carbons (Fsp3) is 0.700. The van der Waals surface area contributed by atoms with Crippen molar-refractivity contribution in [2.45, 2.75) is 29.3 Å². The van der Waals surface area contributed by atoms with Crippen molar-refractivity contribution in [2.75, 3.05) is 13.2 Å². The maximum absolute atomic E-state index is 11.8. The van der Waals surface area contributed by atoms with Gasteiger partial charge in [0.05, 0.1) is 25.3 Å². The highest BCUT2D eigenvalue weighted by atomic mass is 35.6. The Labute approximate surface area is 120 Å². The number of carbonyl (C=O) groups excluding carboxylic acids is 1. The Hall–Kier alpha value is -0.200. The van der Waals surface area contributed by atoms with Crippen molar-refractivity contribution in [2.24, 2.45) is 5.73 Å². The lowest BCUT2D eigenvalue weighted by Gasteiger charge is -2.26. The number of rotatable bonds is 3. The number of nitrogens with two attached hydrogens (primary N) is 1. The summed E-state index contributed by atoms with van der Waals surface area (Å²) in [6, 6.07) is -0.535. The number of ether oxygens (including phenoxy) is 1. The van der Waals surface area contributed by atoms with Gasteiger partial charge >= 0.3 is 6.09 Å². The van der Waals surface area contributed by atoms with Crippen LogP contribution < -0.4 is 5.73 Å². The van der Waals surface area contributed by atoms with E-state index in [0.29, 0.717) is 5.70 Å². The topological polar surface area (TPSA) is 75.8 Å². The van der Waals surface area contributed by atoms with E-state index in [-0.39, 0.29) is 19.6 Å². The first-order chi connectivity index (χ1) is 8.24. The third kappa shape index (κ3) is 4.48. The van der Waals surface area contributed by atoms with Crippen molar-refractivity contribution < 1.29 is 14.6 Å². The first-order valence-electron chi connectivity index (χ1n) is 5.40. The summed E-state index contributed by atoms with van der Waals surface area (Å²) in [4.78, 5) is 13.0. The van der Waals surface area contributed by atoms with Crippen molar-refractivity contribution >= 4 is 40.9 Å². The van der Waals surface area contributed by atoms with Gasteiger partial charge in [-0.25, -0.2) is 4.79 Å². The van der Waals surface area contributed by atoms with Crippen LogP contribution in [0.1, 0.15) is 13.3 Å². The minimum absolute atomic E-state index is 0.165. The molecule has 0 radical (unpaired) electrons. The van der Waals surface area contributed by atoms with Crippen LogP contribution in [0.4, 0.5) is 4.79 Å². The summed E-state index contributed by atoms with van der Waals surface area (Å²) in [5.74, 6) is 0. The molecule has 104 valence electrons. The molecule has 1 aliphatic rings. The highest BCUT2D eigenvalue weighted by molar-refractivity contribution is 6.67. The monoisotopic (exact) mass is 316 g/mol. The Morgan fingerprint density at radius 3 is 2.67 bits per heavy atom. The normalized spacial score (nSPS) is 23.8. The summed E-state index contributed by atoms with van der Waals surface area (Å²) in [7, 11) is 0. The molecule has 0 spiro atoms. The molecule has 0 fully saturated rings. The summed E-state index contributed by atoms with van der Waals surface area (Å²) in [5.41, 5.74) is 6.14. The molecule has 0 heterocycles. The molecule has 0 aromatic heterocycles. The minimum atomic E-state index is -1.63. The van der Waals surface area contributed by atoms with Crippen LogP contribution >= 0.6 is 34.8 Å². The molecule has 0 aromatic carbocycles. The quantitative estimate of drug-likeness (QED) is 0.778. The summed E-state index contributed by atoms with van der Waals surface area (Å²) < 4.78 is 3.25. The first-order valence-corrected chi connectivity index (χ1v) is 6.53. The van der Waals surface area contributed by atoms with E-state index in [1.165, 1.54) is 4.90 Å². The average molecular weight is 318 g/mol. The molecular weight excluding hydrogens is 302 g/mol. The summed E-state index contributed by atoms with van der Waals surface area (Å²) >= 11 is 17.1. The van der Waals surface area contributed by atoms with Crippen LogP contribution in [0, 0.1) is 0 Å². The third-order valence-electron chi connectivity index (χ3n) is 2.42. The Balaban J connectivity index is 2.85. The molecule has 0 saturated heterocycles. The predicted molar refractivity (Wildman–Crippen MR) is 70.7 cm³/mol. The van der Waals surface area contributed by atoms with E-state index in [9.17, 15) is 9.90 Å². The van der Waals surface area contributed by atoms with Crippen LogP contribution in [0.25, 0.3) is 0 Å². The molecule has 2 atom stereocenters. The van der Waals surface area contributed by atoms with Gasteiger partial charge in [-0.2, -0.15) is 0 Å². The Morgan fingerprint density at radius 2 is 2.28 bits per heavy atom. The molecule has 0 bridgehead atoms. The van der Waals surface area contributed by atoms with E-state index in [0.717, 1.165) is 0 Å². The van der Waals surface area contributed by atoms with Gasteiger partial charge in [0.25, 0.3) is 0 Å². The van der Waals surface area contributed by atoms with E-state index in [1.807, 2.05) is 0 Å². The number of halogens is 3. The second-order valence-corrected chi connectivity index (χ2v) is 6.42. The van der Waals surface area contributed by atoms with E-state index in [4.69, 9.17) is 45.3 Å². The van der Waals surface area contributed by atoms with Gasteiger partial charge in [-0.15, -0.1) is 0 Å². The van der Waals surface area contributed by atoms with Crippen molar-refractivity contribution in [3.8, 4) is 0 Å². The molecule has 0 saturated carbocycles. The standard InChI is InChI=1S/C10H15Cl3N2O3/c1-2-18-9(17)15(5-10(11,12)13)6-3-7(14)8(16)4-6/h3,7-8,16H,2,4-5,14H2,1H3. The van der Waals surface area contributed by atoms with E-state index in [2.05, 4.69) is 0 Å². The first kappa shape index (κ1) is 15.9. The molecule has 8 heteroatoms. The molecular formula is C10H15Cl3N2O3. The van der Waals surface area contributed by atoms with Gasteiger partial charge in [0, 0.05) is 12.1 Å². The highest BCUT2D eigenvalue weighted by Gasteiger charge is 2.34. The van der Waals surface area contributed by atoms with Crippen LogP contribution in [0.15, 0.2) is 11.8 Å². The lowest BCUT2D eigenvalue weighted by molar-refractivity contribution is 0.114. The number of hydrogen-bond acceptors (Lipinski definition) is 4. The Morgan fingerprint density at radius 1 is 1.67 bits per heavy atom. The Bertz CT molecular complexity index is 344. The summed E-state index contributed by atoms with van der Waals surface area (Å²) in [6.45, 7) is 1.72. The third-order valence-corrected chi connectivity index (χ3v) is 2.78. The minimum Gasteiger partial charge on any atom is -0.449 e. The molecule has 18 heavy (non-hydrogen) atoms. The molecule has 2 unspecified atom stereocenters. The number of hydrogen-bond donors (Lipinski definition) is 2. The van der Waals surface area contributed by atoms with Gasteiger partial charge in [-0.05, 0) is 13.0 Å². The average Bonchev–Trinajstić information content (AvgIpc) is 2.54. The van der Waals surface area contributed by atoms with E-state index >= 15 is 0 Å². The van der Waals surface area contributed by atoms with Crippen molar-refractivity contribution in [3.05, 3.63) is 11.8 Å². The van der Waals surface area contributed by atoms with Crippen LogP contribution in [-0.2, 0) is 4.74 Å². The second-order valence-electron chi connectivity index (χ2n) is 3.91. The van der Waals surface area contributed by atoms with Crippen molar-refractivity contribution in [1.29, 1.82) is 0 Å². The number of aliphatic hydroxyl groups excluding tert-OH is 1. The van der Waals surface area contributed by atoms with Crippen LogP contribution in [0.3, 0.4) is 0 Å². The second kappa shape index (κ2) is 6.30. The molecule has 1 amide bonds. The lowest BCUT2D eigenvalue weighted by Crippen LogP contribution is -2.37. The number of aliphatic hydroxyl groups is 1. The molecule has 1 aliphatic carbocycles. The van der Waals surface area contributed by atoms with Gasteiger partial charge in [-0.3, -0.25) is 4.90 Å². The number of nitrogens with zero attached hydrogens (tertiary/aromatic N) is 1. The molecule has 0 aliphatic heterocycles. The predicted octanol–water partition coefficient (Wildman–Crippen LogP) is 1.79. The zero-order valence-electron chi connectivity index (χ0n) is 9.78. The van der Waals surface area contributed by atoms with Gasteiger partial charge in [-0.1, -0.05) is 34.8 Å². The smallest absolute Gasteiger partial charge is 0.414 e. The zero-order chi connectivity index (χ0) is 13.9. The summed E-state index contributed by atoms with van der Waals surface area (Å²) in [6.07, 6.45) is 0.419. The molecule has 5 nitrogen and oxygen atoms in total. The molecule has 3 N–H and O–H groups in total. The number of carbonyl (C=O) groups is 1. The van der Waals surface area contributed by atoms with Gasteiger partial charge in [0.15, 0.2) is 0 Å². The number of alkyl halides is 3. The molecule has 0 aromatic rings. The van der Waals surface area contributed by atoms with E-state index in [1.54, 1.807) is 13.0 Å². The zero-order valence-corrected chi connectivity index (χ0v) is 12.0. The van der Waals surface area contributed by atoms with Crippen molar-refractivity contribution in [1.82, 2.24) is 4.90 Å². The van der Waals surface area contributed by atoms with Crippen LogP contribution in [0.2, 0.25) is 0 Å². The SMILES string of the molecule is CCOC(=O)N(CC(Cl)(Cl)Cl)C1=CC(N)C(O)C1. The van der Waals surface area contributed by atoms with Gasteiger partial charge in [0.2, 0.25) is 3.79 Å². The Kier molecular flexibility index (Phi) is 5.55.